The minimum atomic E-state index is 0.329. The van der Waals surface area contributed by atoms with Crippen LogP contribution in [0.15, 0.2) is 30.3 Å². The van der Waals surface area contributed by atoms with E-state index in [1.165, 1.54) is 0 Å². The van der Waals surface area contributed by atoms with Crippen molar-refractivity contribution >= 4 is 29.1 Å². The molecule has 0 atom stereocenters. The number of aromatic nitrogens is 4. The van der Waals surface area contributed by atoms with E-state index in [0.29, 0.717) is 10.7 Å². The normalized spacial score (nSPS) is 10.9. The van der Waals surface area contributed by atoms with Crippen LogP contribution in [0.2, 0.25) is 0 Å². The summed E-state index contributed by atoms with van der Waals surface area (Å²) in [5, 5.41) is 7.64. The number of pyridine rings is 1. The first-order valence-corrected chi connectivity index (χ1v) is 5.87. The zero-order valence-electron chi connectivity index (χ0n) is 9.71. The Bertz CT molecular complexity index is 787. The van der Waals surface area contributed by atoms with Crippen molar-refractivity contribution in [1.82, 2.24) is 19.7 Å². The summed E-state index contributed by atoms with van der Waals surface area (Å²) in [6, 6.07) is 9.88. The Morgan fingerprint density at radius 2 is 2.11 bits per heavy atom. The van der Waals surface area contributed by atoms with Crippen molar-refractivity contribution < 1.29 is 0 Å². The molecule has 6 heteroatoms. The molecule has 2 heterocycles. The van der Waals surface area contributed by atoms with Gasteiger partial charge >= 0.3 is 0 Å². The maximum atomic E-state index is 5.83. The Labute approximate surface area is 108 Å². The quantitative estimate of drug-likeness (QED) is 0.656. The number of nitrogens with zero attached hydrogens (tertiary/aromatic N) is 3. The lowest BCUT2D eigenvalue weighted by Gasteiger charge is -2.07. The van der Waals surface area contributed by atoms with Gasteiger partial charge in [0.2, 0.25) is 10.7 Å². The van der Waals surface area contributed by atoms with Gasteiger partial charge < -0.3 is 5.73 Å². The van der Waals surface area contributed by atoms with Gasteiger partial charge in [0.25, 0.3) is 0 Å². The molecule has 2 aromatic heterocycles. The van der Waals surface area contributed by atoms with Crippen LogP contribution in [0.4, 0.5) is 5.95 Å². The molecule has 0 unspecified atom stereocenters. The highest BCUT2D eigenvalue weighted by atomic mass is 32.1. The summed E-state index contributed by atoms with van der Waals surface area (Å²) < 4.78 is 2.15. The molecular weight excluding hydrogens is 246 g/mol. The molecule has 5 nitrogen and oxygen atoms in total. The number of benzene rings is 1. The topological polar surface area (TPSA) is 72.5 Å². The van der Waals surface area contributed by atoms with E-state index in [4.69, 9.17) is 18.0 Å². The van der Waals surface area contributed by atoms with Gasteiger partial charge in [0.15, 0.2) is 0 Å². The van der Waals surface area contributed by atoms with Crippen molar-refractivity contribution in [2.45, 2.75) is 6.92 Å². The van der Waals surface area contributed by atoms with Crippen LogP contribution in [0.3, 0.4) is 0 Å². The van der Waals surface area contributed by atoms with Crippen molar-refractivity contribution in [2.75, 3.05) is 5.73 Å². The summed E-state index contributed by atoms with van der Waals surface area (Å²) in [5.41, 5.74) is 8.48. The number of rotatable bonds is 1. The summed E-state index contributed by atoms with van der Waals surface area (Å²) in [4.78, 5) is 4.55. The molecule has 18 heavy (non-hydrogen) atoms. The Kier molecular flexibility index (Phi) is 2.38. The minimum absolute atomic E-state index is 0.329. The average Bonchev–Trinajstić information content (AvgIpc) is 2.68. The minimum Gasteiger partial charge on any atom is -0.368 e. The zero-order valence-corrected chi connectivity index (χ0v) is 10.5. The maximum absolute atomic E-state index is 5.83. The third-order valence-electron chi connectivity index (χ3n) is 2.78. The number of nitrogen functional groups attached to an aromatic ring is 1. The molecule has 0 aliphatic rings. The molecule has 0 aliphatic carbocycles. The summed E-state index contributed by atoms with van der Waals surface area (Å²) in [7, 11) is 0. The predicted molar refractivity (Wildman–Crippen MR) is 73.2 cm³/mol. The maximum Gasteiger partial charge on any atom is 0.225 e. The van der Waals surface area contributed by atoms with Crippen LogP contribution in [-0.2, 0) is 0 Å². The molecule has 1 aromatic carbocycles. The van der Waals surface area contributed by atoms with Crippen LogP contribution in [0.25, 0.3) is 16.6 Å². The third kappa shape index (κ3) is 1.58. The number of hydrogen-bond acceptors (Lipinski definition) is 4. The van der Waals surface area contributed by atoms with E-state index >= 15 is 0 Å². The number of hydrogen-bond donors (Lipinski definition) is 2. The lowest BCUT2D eigenvalue weighted by molar-refractivity contribution is 1.04. The number of nitrogens with one attached hydrogen (secondary N) is 1. The van der Waals surface area contributed by atoms with E-state index in [1.54, 1.807) is 4.57 Å². The highest BCUT2D eigenvalue weighted by Crippen LogP contribution is 2.22. The predicted octanol–water partition coefficient (Wildman–Crippen LogP) is 2.37. The first kappa shape index (κ1) is 10.9. The first-order valence-electron chi connectivity index (χ1n) is 5.46. The summed E-state index contributed by atoms with van der Waals surface area (Å²) in [6.45, 7) is 1.95. The molecule has 0 saturated carbocycles. The lowest BCUT2D eigenvalue weighted by Crippen LogP contribution is -2.02. The second-order valence-electron chi connectivity index (χ2n) is 4.02. The van der Waals surface area contributed by atoms with Crippen LogP contribution in [0.1, 0.15) is 5.69 Å². The summed E-state index contributed by atoms with van der Waals surface area (Å²) in [5.74, 6) is 0.329. The van der Waals surface area contributed by atoms with Gasteiger partial charge in [-0.25, -0.2) is 5.10 Å². The molecule has 3 N–H and O–H groups in total. The van der Waals surface area contributed by atoms with Gasteiger partial charge in [-0.3, -0.25) is 9.55 Å². The monoisotopic (exact) mass is 257 g/mol. The molecular formula is C12H11N5S. The molecule has 0 amide bonds. The van der Waals surface area contributed by atoms with Crippen molar-refractivity contribution in [3.8, 4) is 5.69 Å². The molecule has 0 saturated heterocycles. The fourth-order valence-corrected chi connectivity index (χ4v) is 2.19. The van der Waals surface area contributed by atoms with Crippen molar-refractivity contribution in [2.24, 2.45) is 0 Å². The van der Waals surface area contributed by atoms with Crippen LogP contribution >= 0.6 is 12.2 Å². The SMILES string of the molecule is Cc1ccc2cccc(-n3c(N)n[nH]c3=S)c2n1. The first-order chi connectivity index (χ1) is 8.66. The molecule has 0 spiro atoms. The number of aryl methyl sites for hydroxylation is 1. The van der Waals surface area contributed by atoms with Crippen molar-refractivity contribution in [3.63, 3.8) is 0 Å². The number of anilines is 1. The fraction of sp³-hybridized carbons (Fsp3) is 0.0833. The second kappa shape index (κ2) is 3.92. The van der Waals surface area contributed by atoms with E-state index in [0.717, 1.165) is 22.3 Å². The molecule has 0 bridgehead atoms. The van der Waals surface area contributed by atoms with E-state index in [2.05, 4.69) is 15.2 Å². The summed E-state index contributed by atoms with van der Waals surface area (Å²) in [6.07, 6.45) is 0. The Hall–Kier alpha value is -2.21. The van der Waals surface area contributed by atoms with E-state index in [1.807, 2.05) is 37.3 Å². The molecule has 0 radical (unpaired) electrons. The van der Waals surface area contributed by atoms with Crippen LogP contribution < -0.4 is 5.73 Å². The van der Waals surface area contributed by atoms with Gasteiger partial charge in [-0.15, -0.1) is 5.10 Å². The second-order valence-corrected chi connectivity index (χ2v) is 4.41. The third-order valence-corrected chi connectivity index (χ3v) is 3.05. The van der Waals surface area contributed by atoms with Crippen LogP contribution in [0.5, 0.6) is 0 Å². The van der Waals surface area contributed by atoms with Gasteiger partial charge in [0.05, 0.1) is 11.2 Å². The Morgan fingerprint density at radius 1 is 1.28 bits per heavy atom. The molecule has 0 fully saturated rings. The zero-order chi connectivity index (χ0) is 12.7. The molecule has 90 valence electrons. The largest absolute Gasteiger partial charge is 0.368 e. The van der Waals surface area contributed by atoms with Crippen molar-refractivity contribution in [3.05, 3.63) is 40.8 Å². The highest BCUT2D eigenvalue weighted by molar-refractivity contribution is 7.71. The lowest BCUT2D eigenvalue weighted by atomic mass is 10.1. The average molecular weight is 257 g/mol. The smallest absolute Gasteiger partial charge is 0.225 e. The number of fused-ring (bicyclic) bond motifs is 1. The van der Waals surface area contributed by atoms with E-state index in [-0.39, 0.29) is 0 Å². The number of nitrogens with two attached hydrogens (primary N) is 1. The van der Waals surface area contributed by atoms with E-state index in [9.17, 15) is 0 Å². The Balaban J connectivity index is 2.43. The van der Waals surface area contributed by atoms with Gasteiger partial charge in [-0.1, -0.05) is 18.2 Å². The van der Waals surface area contributed by atoms with E-state index < -0.39 is 0 Å². The fourth-order valence-electron chi connectivity index (χ4n) is 1.95. The highest BCUT2D eigenvalue weighted by Gasteiger charge is 2.09. The van der Waals surface area contributed by atoms with Gasteiger partial charge in [-0.05, 0) is 31.3 Å². The summed E-state index contributed by atoms with van der Waals surface area (Å²) >= 11 is 5.19. The van der Waals surface area contributed by atoms with Gasteiger partial charge in [0, 0.05) is 11.1 Å². The van der Waals surface area contributed by atoms with Crippen molar-refractivity contribution in [1.29, 1.82) is 0 Å². The van der Waals surface area contributed by atoms with Gasteiger partial charge in [0.1, 0.15) is 0 Å². The Morgan fingerprint density at radius 3 is 2.83 bits per heavy atom. The van der Waals surface area contributed by atoms with Crippen LogP contribution in [0, 0.1) is 11.7 Å². The van der Waals surface area contributed by atoms with Gasteiger partial charge in [-0.2, -0.15) is 0 Å². The number of H-pyrrole nitrogens is 1. The standard InChI is InChI=1S/C12H11N5S/c1-7-5-6-8-3-2-4-9(10(8)14-7)17-11(13)15-16-12(17)18/h2-6H,1H3,(H2,13,15)(H,16,18). The number of para-hydroxylation sites is 1. The molecule has 3 aromatic rings. The number of aromatic amines is 1. The molecule has 3 rings (SSSR count). The molecule has 0 aliphatic heterocycles. The van der Waals surface area contributed by atoms with Crippen LogP contribution in [-0.4, -0.2) is 19.7 Å².